The van der Waals surface area contributed by atoms with Crippen molar-refractivity contribution in [2.24, 2.45) is 0 Å². The molecule has 1 amide bonds. The van der Waals surface area contributed by atoms with Crippen LogP contribution in [-0.4, -0.2) is 71.3 Å². The fraction of sp³-hybridized carbons (Fsp3) is 0.286. The average molecular weight is 531 g/mol. The first-order valence-corrected chi connectivity index (χ1v) is 12.6. The van der Waals surface area contributed by atoms with E-state index in [1.54, 1.807) is 34.6 Å². The van der Waals surface area contributed by atoms with Gasteiger partial charge >= 0.3 is 5.69 Å². The van der Waals surface area contributed by atoms with Gasteiger partial charge in [0.2, 0.25) is 11.9 Å². The Hall–Kier alpha value is -4.64. The molecule has 0 bridgehead atoms. The lowest BCUT2D eigenvalue weighted by atomic mass is 10.2. The van der Waals surface area contributed by atoms with Crippen molar-refractivity contribution >= 4 is 40.0 Å². The van der Waals surface area contributed by atoms with Gasteiger partial charge in [-0.15, -0.1) is 0 Å². The molecule has 0 aliphatic rings. The largest absolute Gasteiger partial charge is 0.494 e. The van der Waals surface area contributed by atoms with Crippen molar-refractivity contribution in [3.63, 3.8) is 0 Å². The molecule has 4 aromatic rings. The lowest BCUT2D eigenvalue weighted by Crippen LogP contribution is -2.29. The number of benzene rings is 2. The van der Waals surface area contributed by atoms with Gasteiger partial charge in [-0.2, -0.15) is 4.98 Å². The van der Waals surface area contributed by atoms with Crippen LogP contribution in [-0.2, 0) is 11.3 Å². The van der Waals surface area contributed by atoms with Gasteiger partial charge in [0.25, 0.3) is 0 Å². The number of nitrogens with one attached hydrogen (secondary N) is 2. The fourth-order valence-corrected chi connectivity index (χ4v) is 4.30. The Balaban J connectivity index is 1.75. The van der Waals surface area contributed by atoms with E-state index >= 15 is 0 Å². The number of fused-ring (bicyclic) bond motifs is 1. The molecule has 0 spiro atoms. The van der Waals surface area contributed by atoms with Crippen molar-refractivity contribution in [1.29, 1.82) is 0 Å². The van der Waals surface area contributed by atoms with Crippen LogP contribution in [0.4, 0.5) is 23.0 Å². The number of hydrogen-bond acceptors (Lipinski definition) is 8. The quantitative estimate of drug-likeness (QED) is 0.284. The number of imidazole rings is 1. The van der Waals surface area contributed by atoms with E-state index in [9.17, 15) is 9.59 Å². The average Bonchev–Trinajstić information content (AvgIpc) is 3.22. The molecular formula is C28H34N8O3. The summed E-state index contributed by atoms with van der Waals surface area (Å²) in [6, 6.07) is 12.9. The highest BCUT2D eigenvalue weighted by molar-refractivity contribution is 6.02. The number of carbonyl (C=O) groups excluding carboxylic acids is 1. The summed E-state index contributed by atoms with van der Waals surface area (Å²) >= 11 is 0. The molecule has 0 aliphatic heterocycles. The molecule has 0 aliphatic carbocycles. The molecule has 2 aromatic heterocycles. The van der Waals surface area contributed by atoms with E-state index in [2.05, 4.69) is 32.1 Å². The van der Waals surface area contributed by atoms with Gasteiger partial charge in [0.15, 0.2) is 0 Å². The highest BCUT2D eigenvalue weighted by atomic mass is 16.5. The van der Waals surface area contributed by atoms with E-state index in [4.69, 9.17) is 4.74 Å². The summed E-state index contributed by atoms with van der Waals surface area (Å²) in [5.74, 6) is 0.895. The van der Waals surface area contributed by atoms with Crippen LogP contribution >= 0.6 is 0 Å². The Kier molecular flexibility index (Phi) is 8.30. The van der Waals surface area contributed by atoms with Crippen LogP contribution < -0.4 is 26.0 Å². The minimum Gasteiger partial charge on any atom is -0.494 e. The number of rotatable bonds is 11. The molecule has 11 nitrogen and oxygen atoms in total. The first-order chi connectivity index (χ1) is 18.8. The third-order valence-corrected chi connectivity index (χ3v) is 6.32. The molecular weight excluding hydrogens is 496 g/mol. The van der Waals surface area contributed by atoms with Gasteiger partial charge in [-0.05, 0) is 45.3 Å². The van der Waals surface area contributed by atoms with E-state index in [0.717, 1.165) is 29.8 Å². The number of aryl methyl sites for hydroxylation is 1. The van der Waals surface area contributed by atoms with Gasteiger partial charge in [0.05, 0.1) is 35.2 Å². The maximum Gasteiger partial charge on any atom is 0.334 e. The maximum absolute atomic E-state index is 13.2. The second-order valence-electron chi connectivity index (χ2n) is 9.20. The van der Waals surface area contributed by atoms with Crippen molar-refractivity contribution in [3.8, 4) is 11.6 Å². The van der Waals surface area contributed by atoms with Crippen molar-refractivity contribution in [1.82, 2.24) is 24.0 Å². The standard InChI is InChI=1S/C28H34N8O3/c1-7-26(37)30-19-17-20(24(39-6)18-23(19)34(5)16-15-33(3)4)31-27-29-14-13-25(32-27)36-22-12-10-9-11-21(22)35(8-2)28(36)38/h7,9-14,17-18H,1,8,15-16H2,2-6H3,(H,30,37)(H,29,31,32). The Morgan fingerprint density at radius 2 is 1.85 bits per heavy atom. The normalized spacial score (nSPS) is 11.0. The van der Waals surface area contributed by atoms with Crippen LogP contribution in [0.3, 0.4) is 0 Å². The first-order valence-electron chi connectivity index (χ1n) is 12.6. The number of para-hydroxylation sites is 2. The lowest BCUT2D eigenvalue weighted by Gasteiger charge is -2.26. The topological polar surface area (TPSA) is 110 Å². The van der Waals surface area contributed by atoms with Gasteiger partial charge in [-0.1, -0.05) is 18.7 Å². The molecule has 0 saturated carbocycles. The maximum atomic E-state index is 13.2. The molecule has 2 N–H and O–H groups in total. The smallest absolute Gasteiger partial charge is 0.334 e. The number of anilines is 4. The van der Waals surface area contributed by atoms with Gasteiger partial charge in [0, 0.05) is 45.0 Å². The summed E-state index contributed by atoms with van der Waals surface area (Å²) in [5, 5.41) is 6.08. The monoisotopic (exact) mass is 530 g/mol. The van der Waals surface area contributed by atoms with Crippen molar-refractivity contribution in [2.45, 2.75) is 13.5 Å². The Bertz CT molecular complexity index is 1560. The first kappa shape index (κ1) is 27.4. The van der Waals surface area contributed by atoms with Crippen LogP contribution in [0.2, 0.25) is 0 Å². The number of likely N-dealkylation sites (N-methyl/N-ethyl adjacent to an activating group) is 2. The number of nitrogens with zero attached hydrogens (tertiary/aromatic N) is 6. The molecule has 2 aromatic carbocycles. The van der Waals surface area contributed by atoms with Crippen LogP contribution in [0.25, 0.3) is 16.9 Å². The molecule has 0 radical (unpaired) electrons. The number of ether oxygens (including phenoxy) is 1. The van der Waals surface area contributed by atoms with Crippen molar-refractivity contribution in [3.05, 3.63) is 71.8 Å². The zero-order chi connectivity index (χ0) is 28.1. The van der Waals surface area contributed by atoms with Crippen LogP contribution in [0.1, 0.15) is 6.92 Å². The summed E-state index contributed by atoms with van der Waals surface area (Å²) in [6.45, 7) is 7.58. The second kappa shape index (κ2) is 11.8. The van der Waals surface area contributed by atoms with Gasteiger partial charge in [-0.25, -0.2) is 14.3 Å². The molecule has 0 atom stereocenters. The fourth-order valence-electron chi connectivity index (χ4n) is 4.30. The minimum absolute atomic E-state index is 0.180. The Morgan fingerprint density at radius 3 is 2.51 bits per heavy atom. The summed E-state index contributed by atoms with van der Waals surface area (Å²) in [7, 11) is 7.53. The van der Waals surface area contributed by atoms with E-state index < -0.39 is 0 Å². The summed E-state index contributed by atoms with van der Waals surface area (Å²) in [5.41, 5.74) is 3.30. The van der Waals surface area contributed by atoms with E-state index in [1.807, 2.05) is 63.3 Å². The zero-order valence-corrected chi connectivity index (χ0v) is 22.9. The molecule has 11 heteroatoms. The highest BCUT2D eigenvalue weighted by Gasteiger charge is 2.18. The molecule has 204 valence electrons. The van der Waals surface area contributed by atoms with E-state index in [0.29, 0.717) is 29.5 Å². The molecule has 4 rings (SSSR count). The SMILES string of the molecule is C=CC(=O)Nc1cc(Nc2nccc(-n3c(=O)n(CC)c4ccccc43)n2)c(OC)cc1N(C)CCN(C)C. The van der Waals surface area contributed by atoms with Gasteiger partial charge in [0.1, 0.15) is 11.6 Å². The Morgan fingerprint density at radius 1 is 1.10 bits per heavy atom. The van der Waals surface area contributed by atoms with Crippen molar-refractivity contribution in [2.75, 3.05) is 56.9 Å². The molecule has 2 heterocycles. The van der Waals surface area contributed by atoms with Gasteiger partial charge in [-0.3, -0.25) is 9.36 Å². The molecule has 39 heavy (non-hydrogen) atoms. The predicted octanol–water partition coefficient (Wildman–Crippen LogP) is 3.48. The van der Waals surface area contributed by atoms with Crippen LogP contribution in [0, 0.1) is 0 Å². The molecule has 0 saturated heterocycles. The minimum atomic E-state index is -0.335. The zero-order valence-electron chi connectivity index (χ0n) is 22.9. The molecule has 0 fully saturated rings. The van der Waals surface area contributed by atoms with E-state index in [-0.39, 0.29) is 17.5 Å². The number of aromatic nitrogens is 4. The lowest BCUT2D eigenvalue weighted by molar-refractivity contribution is -0.111. The number of carbonyl (C=O) groups is 1. The van der Waals surface area contributed by atoms with Crippen LogP contribution in [0.15, 0.2) is 66.1 Å². The summed E-state index contributed by atoms with van der Waals surface area (Å²) in [4.78, 5) is 38.6. The van der Waals surface area contributed by atoms with E-state index in [1.165, 1.54) is 6.08 Å². The van der Waals surface area contributed by atoms with Crippen molar-refractivity contribution < 1.29 is 9.53 Å². The van der Waals surface area contributed by atoms with Gasteiger partial charge < -0.3 is 25.2 Å². The number of amides is 1. The van der Waals surface area contributed by atoms with Crippen LogP contribution in [0.5, 0.6) is 5.75 Å². The number of hydrogen-bond donors (Lipinski definition) is 2. The molecule has 0 unspecified atom stereocenters. The third kappa shape index (κ3) is 5.78. The summed E-state index contributed by atoms with van der Waals surface area (Å²) < 4.78 is 8.96. The summed E-state index contributed by atoms with van der Waals surface area (Å²) in [6.07, 6.45) is 2.81. The third-order valence-electron chi connectivity index (χ3n) is 6.32. The highest BCUT2D eigenvalue weighted by Crippen LogP contribution is 2.38. The Labute approximate surface area is 227 Å². The second-order valence-corrected chi connectivity index (χ2v) is 9.20. The number of methoxy groups -OCH3 is 1. The predicted molar refractivity (Wildman–Crippen MR) is 156 cm³/mol.